The van der Waals surface area contributed by atoms with Crippen molar-refractivity contribution in [3.63, 3.8) is 0 Å². The van der Waals surface area contributed by atoms with E-state index in [4.69, 9.17) is 5.73 Å². The van der Waals surface area contributed by atoms with E-state index in [2.05, 4.69) is 10.2 Å². The minimum Gasteiger partial charge on any atom is -0.399 e. The zero-order chi connectivity index (χ0) is 19.8. The van der Waals surface area contributed by atoms with E-state index >= 15 is 0 Å². The Hall–Kier alpha value is -2.86. The maximum Gasteiger partial charge on any atom is 0.295 e. The Morgan fingerprint density at radius 2 is 1.33 bits per heavy atom. The molecular weight excluding hydrogens is 394 g/mol. The molecule has 0 saturated heterocycles. The van der Waals surface area contributed by atoms with Gasteiger partial charge in [0.05, 0.1) is 16.3 Å². The molecule has 0 aliphatic rings. The summed E-state index contributed by atoms with van der Waals surface area (Å²) in [5, 5.41) is 8.20. The molecule has 27 heavy (non-hydrogen) atoms. The van der Waals surface area contributed by atoms with Crippen molar-refractivity contribution in [1.82, 2.24) is 0 Å². The molecule has 9 nitrogen and oxygen atoms in total. The molecule has 0 aliphatic carbocycles. The molecule has 0 aliphatic heterocycles. The molecule has 0 bridgehead atoms. The smallest absolute Gasteiger partial charge is 0.295 e. The summed E-state index contributed by atoms with van der Waals surface area (Å²) >= 11 is 0. The first-order valence-corrected chi connectivity index (χ1v) is 10.2. The van der Waals surface area contributed by atoms with Crippen LogP contribution in [0.2, 0.25) is 0 Å². The zero-order valence-electron chi connectivity index (χ0n) is 13.5. The Balaban J connectivity index is 2.15. The fourth-order valence-electron chi connectivity index (χ4n) is 2.38. The largest absolute Gasteiger partial charge is 0.399 e. The topological polar surface area (TPSA) is 159 Å². The lowest BCUT2D eigenvalue weighted by Gasteiger charge is -2.07. The monoisotopic (exact) mass is 407 g/mol. The predicted molar refractivity (Wildman–Crippen MR) is 98.6 cm³/mol. The number of anilines is 1. The number of fused-ring (bicyclic) bond motifs is 1. The van der Waals surface area contributed by atoms with Crippen LogP contribution in [-0.4, -0.2) is 25.9 Å². The van der Waals surface area contributed by atoms with Gasteiger partial charge in [-0.25, -0.2) is 0 Å². The minimum atomic E-state index is -4.73. The van der Waals surface area contributed by atoms with E-state index in [-0.39, 0.29) is 10.8 Å². The van der Waals surface area contributed by atoms with E-state index in [9.17, 15) is 25.9 Å². The van der Waals surface area contributed by atoms with Crippen LogP contribution in [0, 0.1) is 0 Å². The summed E-state index contributed by atoms with van der Waals surface area (Å²) in [6, 6.07) is 12.5. The first kappa shape index (κ1) is 18.9. The zero-order valence-corrected chi connectivity index (χ0v) is 15.1. The Morgan fingerprint density at radius 3 is 1.93 bits per heavy atom. The molecule has 0 fully saturated rings. The van der Waals surface area contributed by atoms with Crippen LogP contribution in [0.1, 0.15) is 0 Å². The number of nitrogens with zero attached hydrogens (tertiary/aromatic N) is 2. The fourth-order valence-corrected chi connectivity index (χ4v) is 3.73. The van der Waals surface area contributed by atoms with Crippen molar-refractivity contribution in [2.75, 3.05) is 5.73 Å². The van der Waals surface area contributed by atoms with Crippen LogP contribution >= 0.6 is 0 Å². The van der Waals surface area contributed by atoms with Gasteiger partial charge in [-0.05, 0) is 53.9 Å². The highest BCUT2D eigenvalue weighted by molar-refractivity contribution is 7.86. The van der Waals surface area contributed by atoms with Crippen molar-refractivity contribution in [1.29, 1.82) is 0 Å². The van der Waals surface area contributed by atoms with Gasteiger partial charge in [0.15, 0.2) is 0 Å². The van der Waals surface area contributed by atoms with Crippen LogP contribution in [-0.2, 0) is 20.2 Å². The number of hydrogen-bond donors (Lipinski definition) is 3. The molecule has 0 spiro atoms. The van der Waals surface area contributed by atoms with Crippen LogP contribution in [0.5, 0.6) is 0 Å². The fraction of sp³-hybridized carbons (Fsp3) is 0. The Bertz CT molecular complexity index is 1270. The van der Waals surface area contributed by atoms with E-state index < -0.39 is 30.0 Å². The number of rotatable bonds is 4. The first-order chi connectivity index (χ1) is 12.5. The second kappa shape index (κ2) is 6.70. The molecule has 0 amide bonds. The molecule has 0 atom stereocenters. The Labute approximate surface area is 154 Å². The normalized spacial score (nSPS) is 12.7. The number of hydrogen-bond acceptors (Lipinski definition) is 7. The van der Waals surface area contributed by atoms with Crippen molar-refractivity contribution in [2.45, 2.75) is 9.79 Å². The number of nitrogens with two attached hydrogens (primary N) is 1. The molecule has 3 rings (SSSR count). The van der Waals surface area contributed by atoms with E-state index in [1.54, 1.807) is 24.3 Å². The van der Waals surface area contributed by atoms with Gasteiger partial charge in [-0.15, -0.1) is 0 Å². The van der Waals surface area contributed by atoms with E-state index in [0.29, 0.717) is 23.1 Å². The van der Waals surface area contributed by atoms with E-state index in [0.717, 1.165) is 6.07 Å². The lowest BCUT2D eigenvalue weighted by molar-refractivity contribution is 0.482. The average molecular weight is 407 g/mol. The van der Waals surface area contributed by atoms with Gasteiger partial charge in [0, 0.05) is 11.1 Å². The molecule has 0 heterocycles. The Kier molecular flexibility index (Phi) is 4.70. The third-order valence-electron chi connectivity index (χ3n) is 3.62. The van der Waals surface area contributed by atoms with Gasteiger partial charge in [0.1, 0.15) is 4.90 Å². The quantitative estimate of drug-likeness (QED) is 0.339. The second-order valence-corrected chi connectivity index (χ2v) is 8.38. The van der Waals surface area contributed by atoms with Crippen molar-refractivity contribution in [3.05, 3.63) is 54.6 Å². The summed E-state index contributed by atoms with van der Waals surface area (Å²) < 4.78 is 64.6. The van der Waals surface area contributed by atoms with Crippen LogP contribution in [0.3, 0.4) is 0 Å². The van der Waals surface area contributed by atoms with Gasteiger partial charge in [-0.3, -0.25) is 9.11 Å². The molecule has 140 valence electrons. The van der Waals surface area contributed by atoms with Crippen molar-refractivity contribution < 1.29 is 25.9 Å². The summed E-state index contributed by atoms with van der Waals surface area (Å²) in [7, 11) is -9.42. The summed E-state index contributed by atoms with van der Waals surface area (Å²) in [5.74, 6) is 0. The van der Waals surface area contributed by atoms with E-state index in [1.807, 2.05) is 0 Å². The van der Waals surface area contributed by atoms with Gasteiger partial charge in [-0.2, -0.15) is 27.1 Å². The summed E-state index contributed by atoms with van der Waals surface area (Å²) in [4.78, 5) is -1.31. The second-order valence-electron chi connectivity index (χ2n) is 5.57. The number of azo groups is 1. The lowest BCUT2D eigenvalue weighted by atomic mass is 10.1. The molecular formula is C16H13N3O6S2. The molecule has 4 N–H and O–H groups in total. The van der Waals surface area contributed by atoms with Crippen molar-refractivity contribution >= 4 is 48.1 Å². The molecule has 0 saturated carbocycles. The predicted octanol–water partition coefficient (Wildman–Crippen LogP) is 3.33. The summed E-state index contributed by atoms with van der Waals surface area (Å²) in [6.45, 7) is 0. The van der Waals surface area contributed by atoms with Gasteiger partial charge in [0.2, 0.25) is 0 Å². The van der Waals surface area contributed by atoms with Crippen LogP contribution in [0.25, 0.3) is 10.8 Å². The van der Waals surface area contributed by atoms with Crippen LogP contribution in [0.4, 0.5) is 17.1 Å². The lowest BCUT2D eigenvalue weighted by Crippen LogP contribution is -2.04. The molecule has 0 radical (unpaired) electrons. The van der Waals surface area contributed by atoms with Crippen LogP contribution < -0.4 is 5.73 Å². The number of benzene rings is 3. The van der Waals surface area contributed by atoms with Crippen molar-refractivity contribution in [3.8, 4) is 0 Å². The van der Waals surface area contributed by atoms with Crippen molar-refractivity contribution in [2.24, 2.45) is 10.2 Å². The van der Waals surface area contributed by atoms with Gasteiger partial charge in [0.25, 0.3) is 20.2 Å². The molecule has 0 aromatic heterocycles. The highest BCUT2D eigenvalue weighted by atomic mass is 32.2. The molecule has 3 aromatic rings. The highest BCUT2D eigenvalue weighted by Gasteiger charge is 2.20. The maximum absolute atomic E-state index is 11.6. The SMILES string of the molecule is Nc1ccc(N=Nc2ccc3c(S(=O)(=O)O)cc(S(=O)(=O)O)cc3c2)cc1. The van der Waals surface area contributed by atoms with E-state index in [1.165, 1.54) is 18.2 Å². The first-order valence-electron chi connectivity index (χ1n) is 7.34. The Morgan fingerprint density at radius 1 is 0.741 bits per heavy atom. The maximum atomic E-state index is 11.6. The third-order valence-corrected chi connectivity index (χ3v) is 5.35. The van der Waals surface area contributed by atoms with Gasteiger partial charge >= 0.3 is 0 Å². The standard InChI is InChI=1S/C16H13N3O6S2/c17-11-1-3-12(4-2-11)18-19-13-5-6-15-10(7-13)8-14(26(20,21)22)9-16(15)27(23,24)25/h1-9H,17H2,(H,20,21,22)(H,23,24,25). The summed E-state index contributed by atoms with van der Waals surface area (Å²) in [5.41, 5.74) is 6.97. The minimum absolute atomic E-state index is 0.0661. The molecule has 3 aromatic carbocycles. The summed E-state index contributed by atoms with van der Waals surface area (Å²) in [6.07, 6.45) is 0. The molecule has 11 heteroatoms. The molecule has 0 unspecified atom stereocenters. The van der Waals surface area contributed by atoms with Gasteiger partial charge < -0.3 is 5.73 Å². The highest BCUT2D eigenvalue weighted by Crippen LogP contribution is 2.31. The van der Waals surface area contributed by atoms with Crippen LogP contribution in [0.15, 0.2) is 74.6 Å². The average Bonchev–Trinajstić information content (AvgIpc) is 2.58. The van der Waals surface area contributed by atoms with Gasteiger partial charge in [-0.1, -0.05) is 6.07 Å². The number of nitrogen functional groups attached to an aromatic ring is 1. The third kappa shape index (κ3) is 4.28.